The molecule has 0 aliphatic heterocycles. The summed E-state index contributed by atoms with van der Waals surface area (Å²) in [5, 5.41) is 9.37. The van der Waals surface area contributed by atoms with Gasteiger partial charge in [0.25, 0.3) is 0 Å². The number of aromatic nitrogens is 2. The summed E-state index contributed by atoms with van der Waals surface area (Å²) in [5.41, 5.74) is 2.13. The van der Waals surface area contributed by atoms with E-state index >= 15 is 0 Å². The van der Waals surface area contributed by atoms with Crippen molar-refractivity contribution in [2.45, 2.75) is 39.3 Å². The monoisotopic (exact) mass is 325 g/mol. The van der Waals surface area contributed by atoms with Crippen molar-refractivity contribution in [3.63, 3.8) is 0 Å². The van der Waals surface area contributed by atoms with Crippen LogP contribution in [-0.4, -0.2) is 16.3 Å². The predicted octanol–water partition coefficient (Wildman–Crippen LogP) is 4.66. The van der Waals surface area contributed by atoms with E-state index in [0.717, 1.165) is 29.2 Å². The third-order valence-electron chi connectivity index (χ3n) is 3.44. The third-order valence-corrected chi connectivity index (χ3v) is 4.10. The second-order valence-corrected chi connectivity index (χ2v) is 6.14. The molecule has 0 radical (unpaired) electrons. The second-order valence-electron chi connectivity index (χ2n) is 5.32. The molecule has 114 valence electrons. The van der Waals surface area contributed by atoms with Crippen molar-refractivity contribution < 1.29 is 0 Å². The Kier molecular flexibility index (Phi) is 5.68. The fraction of sp³-hybridized carbons (Fsp3) is 0.438. The van der Waals surface area contributed by atoms with Crippen LogP contribution in [0.4, 0.5) is 0 Å². The number of hydrogen-bond acceptors (Lipinski definition) is 2. The molecular weight excluding hydrogens is 305 g/mol. The maximum atomic E-state index is 6.37. The molecule has 0 saturated carbocycles. The average Bonchev–Trinajstić information content (AvgIpc) is 2.82. The van der Waals surface area contributed by atoms with Gasteiger partial charge in [0.05, 0.1) is 23.0 Å². The summed E-state index contributed by atoms with van der Waals surface area (Å²) in [6, 6.07) is 8.27. The molecular formula is C16H21Cl2N3. The lowest BCUT2D eigenvalue weighted by Gasteiger charge is -2.22. The van der Waals surface area contributed by atoms with Crippen LogP contribution in [0.1, 0.15) is 44.1 Å². The first-order valence-corrected chi connectivity index (χ1v) is 7.99. The average molecular weight is 326 g/mol. The zero-order chi connectivity index (χ0) is 15.4. The van der Waals surface area contributed by atoms with Gasteiger partial charge in [0, 0.05) is 11.1 Å². The number of likely N-dealkylation sites (N-methyl/N-ethyl adjacent to an activating group) is 1. The number of hydrogen-bond donors (Lipinski definition) is 1. The highest BCUT2D eigenvalue weighted by Gasteiger charge is 2.22. The standard InChI is InChI=1S/C16H21Cl2N3/c1-4-19-15(9-12-7-5-6-8-13(12)17)16-14(18)10-20-21(16)11(2)3/h5-8,10-11,15,19H,4,9H2,1-3H3. The summed E-state index contributed by atoms with van der Waals surface area (Å²) < 4.78 is 1.98. The molecule has 1 N–H and O–H groups in total. The van der Waals surface area contributed by atoms with Gasteiger partial charge in [-0.1, -0.05) is 48.3 Å². The SMILES string of the molecule is CCNC(Cc1ccccc1Cl)c1c(Cl)cnn1C(C)C. The van der Waals surface area contributed by atoms with Gasteiger partial charge in [-0.05, 0) is 38.4 Å². The minimum atomic E-state index is 0.0901. The minimum absolute atomic E-state index is 0.0901. The van der Waals surface area contributed by atoms with Crippen LogP contribution in [0.5, 0.6) is 0 Å². The fourth-order valence-electron chi connectivity index (χ4n) is 2.48. The number of nitrogens with zero attached hydrogens (tertiary/aromatic N) is 2. The summed E-state index contributed by atoms with van der Waals surface area (Å²) >= 11 is 12.7. The minimum Gasteiger partial charge on any atom is -0.309 e. The smallest absolute Gasteiger partial charge is 0.0834 e. The van der Waals surface area contributed by atoms with E-state index in [1.165, 1.54) is 0 Å². The summed E-state index contributed by atoms with van der Waals surface area (Å²) in [6.07, 6.45) is 2.50. The van der Waals surface area contributed by atoms with Gasteiger partial charge in [-0.15, -0.1) is 0 Å². The van der Waals surface area contributed by atoms with Gasteiger partial charge in [-0.3, -0.25) is 4.68 Å². The van der Waals surface area contributed by atoms with Crippen LogP contribution in [0.25, 0.3) is 0 Å². The van der Waals surface area contributed by atoms with Gasteiger partial charge in [0.1, 0.15) is 0 Å². The van der Waals surface area contributed by atoms with Gasteiger partial charge in [-0.25, -0.2) is 0 Å². The van der Waals surface area contributed by atoms with E-state index < -0.39 is 0 Å². The molecule has 2 rings (SSSR count). The van der Waals surface area contributed by atoms with E-state index in [1.54, 1.807) is 6.20 Å². The van der Waals surface area contributed by atoms with Gasteiger partial charge >= 0.3 is 0 Å². The molecule has 0 saturated heterocycles. The Labute approximate surface area is 136 Å². The molecule has 0 aliphatic carbocycles. The van der Waals surface area contributed by atoms with Crippen molar-refractivity contribution in [3.05, 3.63) is 51.8 Å². The summed E-state index contributed by atoms with van der Waals surface area (Å²) in [7, 11) is 0. The molecule has 3 nitrogen and oxygen atoms in total. The van der Waals surface area contributed by atoms with Gasteiger partial charge in [-0.2, -0.15) is 5.10 Å². The molecule has 1 unspecified atom stereocenters. The molecule has 0 bridgehead atoms. The highest BCUT2D eigenvalue weighted by atomic mass is 35.5. The zero-order valence-corrected chi connectivity index (χ0v) is 14.1. The van der Waals surface area contributed by atoms with Gasteiger partial charge < -0.3 is 5.32 Å². The van der Waals surface area contributed by atoms with Crippen LogP contribution in [-0.2, 0) is 6.42 Å². The Bertz CT molecular complexity index is 593. The first-order chi connectivity index (χ1) is 10.0. The number of halogens is 2. The van der Waals surface area contributed by atoms with Crippen molar-refractivity contribution in [1.82, 2.24) is 15.1 Å². The van der Waals surface area contributed by atoms with Crippen molar-refractivity contribution in [2.75, 3.05) is 6.54 Å². The topological polar surface area (TPSA) is 29.9 Å². The molecule has 0 fully saturated rings. The number of rotatable bonds is 6. The normalized spacial score (nSPS) is 12.9. The summed E-state index contributed by atoms with van der Waals surface area (Å²) in [5.74, 6) is 0. The lowest BCUT2D eigenvalue weighted by Crippen LogP contribution is -2.26. The maximum Gasteiger partial charge on any atom is 0.0834 e. The van der Waals surface area contributed by atoms with Crippen LogP contribution < -0.4 is 5.32 Å². The molecule has 1 aromatic heterocycles. The Balaban J connectivity index is 2.36. The number of nitrogens with one attached hydrogen (secondary N) is 1. The van der Waals surface area contributed by atoms with E-state index in [4.69, 9.17) is 23.2 Å². The summed E-state index contributed by atoms with van der Waals surface area (Å²) in [6.45, 7) is 7.15. The lowest BCUT2D eigenvalue weighted by molar-refractivity contribution is 0.448. The predicted molar refractivity (Wildman–Crippen MR) is 89.2 cm³/mol. The summed E-state index contributed by atoms with van der Waals surface area (Å²) in [4.78, 5) is 0. The highest BCUT2D eigenvalue weighted by Crippen LogP contribution is 2.29. The maximum absolute atomic E-state index is 6.37. The Morgan fingerprint density at radius 1 is 1.19 bits per heavy atom. The van der Waals surface area contributed by atoms with Crippen molar-refractivity contribution in [3.8, 4) is 0 Å². The third kappa shape index (κ3) is 3.79. The molecule has 0 spiro atoms. The van der Waals surface area contributed by atoms with Crippen molar-refractivity contribution >= 4 is 23.2 Å². The first kappa shape index (κ1) is 16.3. The molecule has 1 aromatic carbocycles. The molecule has 5 heteroatoms. The molecule has 21 heavy (non-hydrogen) atoms. The Morgan fingerprint density at radius 3 is 2.52 bits per heavy atom. The Hall–Kier alpha value is -1.03. The highest BCUT2D eigenvalue weighted by molar-refractivity contribution is 6.31. The zero-order valence-electron chi connectivity index (χ0n) is 12.6. The van der Waals surface area contributed by atoms with Gasteiger partial charge in [0.2, 0.25) is 0 Å². The van der Waals surface area contributed by atoms with E-state index in [-0.39, 0.29) is 12.1 Å². The van der Waals surface area contributed by atoms with Crippen LogP contribution in [0.3, 0.4) is 0 Å². The molecule has 1 atom stereocenters. The van der Waals surface area contributed by atoms with E-state index in [0.29, 0.717) is 5.02 Å². The van der Waals surface area contributed by atoms with Gasteiger partial charge in [0.15, 0.2) is 0 Å². The number of benzene rings is 1. The molecule has 0 amide bonds. The quantitative estimate of drug-likeness (QED) is 0.836. The van der Waals surface area contributed by atoms with Crippen molar-refractivity contribution in [2.24, 2.45) is 0 Å². The molecule has 2 aromatic rings. The van der Waals surface area contributed by atoms with E-state index in [9.17, 15) is 0 Å². The molecule has 0 aliphatic rings. The van der Waals surface area contributed by atoms with E-state index in [1.807, 2.05) is 22.9 Å². The van der Waals surface area contributed by atoms with E-state index in [2.05, 4.69) is 37.3 Å². The second kappa shape index (κ2) is 7.30. The molecule has 1 heterocycles. The van der Waals surface area contributed by atoms with Crippen molar-refractivity contribution in [1.29, 1.82) is 0 Å². The lowest BCUT2D eigenvalue weighted by atomic mass is 10.0. The van der Waals surface area contributed by atoms with Crippen LogP contribution in [0.15, 0.2) is 30.5 Å². The first-order valence-electron chi connectivity index (χ1n) is 7.24. The Morgan fingerprint density at radius 2 is 1.90 bits per heavy atom. The fourth-order valence-corrected chi connectivity index (χ4v) is 2.96. The van der Waals surface area contributed by atoms with Crippen LogP contribution >= 0.6 is 23.2 Å². The van der Waals surface area contributed by atoms with Crippen LogP contribution in [0, 0.1) is 0 Å². The largest absolute Gasteiger partial charge is 0.309 e. The van der Waals surface area contributed by atoms with Crippen LogP contribution in [0.2, 0.25) is 10.0 Å².